The molecule has 0 N–H and O–H groups in total. The van der Waals surface area contributed by atoms with Crippen LogP contribution in [0.2, 0.25) is 0 Å². The highest BCUT2D eigenvalue weighted by molar-refractivity contribution is 5.94. The molecular weight excluding hydrogens is 306 g/mol. The highest BCUT2D eigenvalue weighted by Crippen LogP contribution is 2.54. The van der Waals surface area contributed by atoms with Crippen molar-refractivity contribution in [2.24, 2.45) is 0 Å². The third-order valence-electron chi connectivity index (χ3n) is 5.14. The van der Waals surface area contributed by atoms with Gasteiger partial charge in [0.15, 0.2) is 5.78 Å². The number of carbonyl (C=O) groups is 2. The van der Waals surface area contributed by atoms with Crippen LogP contribution in [-0.4, -0.2) is 34.7 Å². The van der Waals surface area contributed by atoms with Crippen molar-refractivity contribution in [2.75, 3.05) is 6.61 Å². The molecular formula is C19H19NO4. The summed E-state index contributed by atoms with van der Waals surface area (Å²) in [6, 6.07) is 9.32. The van der Waals surface area contributed by atoms with Crippen LogP contribution in [0.4, 0.5) is 4.79 Å². The summed E-state index contributed by atoms with van der Waals surface area (Å²) >= 11 is 0. The monoisotopic (exact) mass is 325 g/mol. The normalized spacial score (nSPS) is 35.0. The second-order valence-corrected chi connectivity index (χ2v) is 6.52. The van der Waals surface area contributed by atoms with Crippen molar-refractivity contribution in [2.45, 2.75) is 36.6 Å². The van der Waals surface area contributed by atoms with E-state index in [0.29, 0.717) is 12.8 Å². The number of allylic oxidation sites excluding steroid dienone is 2. The number of amides is 1. The minimum Gasteiger partial charge on any atom is -0.447 e. The summed E-state index contributed by atoms with van der Waals surface area (Å²) < 4.78 is 11.5. The fourth-order valence-corrected chi connectivity index (χ4v) is 4.01. The largest absolute Gasteiger partial charge is 0.447 e. The SMILES string of the molecule is C=C/C=C\C12CCC(N3C(=O)OC[C@@H]3c3ccccc3)(O1)C(=O)C2. The lowest BCUT2D eigenvalue weighted by atomic mass is 9.83. The number of hydrogen-bond donors (Lipinski definition) is 0. The van der Waals surface area contributed by atoms with E-state index < -0.39 is 17.4 Å². The molecule has 0 aromatic heterocycles. The maximum absolute atomic E-state index is 12.8. The number of cyclic esters (lactones) is 1. The van der Waals surface area contributed by atoms with Crippen LogP contribution in [0.1, 0.15) is 30.9 Å². The molecule has 0 aliphatic carbocycles. The molecule has 0 radical (unpaired) electrons. The molecule has 3 heterocycles. The molecule has 1 aromatic rings. The van der Waals surface area contributed by atoms with E-state index in [-0.39, 0.29) is 24.9 Å². The Morgan fingerprint density at radius 3 is 2.71 bits per heavy atom. The van der Waals surface area contributed by atoms with Gasteiger partial charge in [-0.1, -0.05) is 55.1 Å². The van der Waals surface area contributed by atoms with E-state index in [2.05, 4.69) is 6.58 Å². The second-order valence-electron chi connectivity index (χ2n) is 6.52. The number of carbonyl (C=O) groups excluding carboxylic acids is 2. The molecule has 24 heavy (non-hydrogen) atoms. The van der Waals surface area contributed by atoms with Crippen LogP contribution >= 0.6 is 0 Å². The van der Waals surface area contributed by atoms with Gasteiger partial charge in [0.05, 0.1) is 11.6 Å². The van der Waals surface area contributed by atoms with Gasteiger partial charge < -0.3 is 9.47 Å². The zero-order valence-electron chi connectivity index (χ0n) is 13.3. The number of nitrogens with zero attached hydrogens (tertiary/aromatic N) is 1. The molecule has 2 unspecified atom stereocenters. The number of Topliss-reactive ketones (excluding diaryl/α,β-unsaturated/α-hetero) is 1. The lowest BCUT2D eigenvalue weighted by molar-refractivity contribution is -0.152. The summed E-state index contributed by atoms with van der Waals surface area (Å²) in [6.45, 7) is 3.90. The van der Waals surface area contributed by atoms with Crippen LogP contribution in [0.15, 0.2) is 55.1 Å². The summed E-state index contributed by atoms with van der Waals surface area (Å²) in [4.78, 5) is 26.7. The van der Waals surface area contributed by atoms with Crippen LogP contribution in [-0.2, 0) is 14.3 Å². The molecule has 5 nitrogen and oxygen atoms in total. The van der Waals surface area contributed by atoms with Gasteiger partial charge in [-0.25, -0.2) is 4.79 Å². The second kappa shape index (κ2) is 5.31. The predicted molar refractivity (Wildman–Crippen MR) is 87.1 cm³/mol. The van der Waals surface area contributed by atoms with Crippen LogP contribution in [0.3, 0.4) is 0 Å². The first-order valence-electron chi connectivity index (χ1n) is 8.15. The molecule has 124 valence electrons. The third kappa shape index (κ3) is 2.04. The zero-order chi connectivity index (χ0) is 16.8. The average Bonchev–Trinajstić information content (AvgIpc) is 3.24. The molecule has 2 bridgehead atoms. The van der Waals surface area contributed by atoms with E-state index in [0.717, 1.165) is 5.56 Å². The van der Waals surface area contributed by atoms with E-state index in [4.69, 9.17) is 9.47 Å². The van der Waals surface area contributed by atoms with Crippen molar-refractivity contribution in [1.82, 2.24) is 4.90 Å². The summed E-state index contributed by atoms with van der Waals surface area (Å²) in [5, 5.41) is 0. The average molecular weight is 325 g/mol. The molecule has 3 saturated heterocycles. The molecule has 3 fully saturated rings. The van der Waals surface area contributed by atoms with Crippen LogP contribution in [0, 0.1) is 0 Å². The van der Waals surface area contributed by atoms with Gasteiger partial charge in [0.1, 0.15) is 6.61 Å². The van der Waals surface area contributed by atoms with Crippen LogP contribution in [0.5, 0.6) is 0 Å². The van der Waals surface area contributed by atoms with Gasteiger partial charge in [0, 0.05) is 12.8 Å². The van der Waals surface area contributed by atoms with Gasteiger partial charge in [-0.05, 0) is 12.0 Å². The number of benzene rings is 1. The standard InChI is InChI=1S/C19H19NO4/c1-2-3-9-18-10-11-19(24-18,16(21)12-18)20-15(13-23-17(20)22)14-7-5-4-6-8-14/h2-9,15H,1,10-13H2/b9-3-/t15-,18?,19?/m1/s1. The summed E-state index contributed by atoms with van der Waals surface area (Å²) in [5.74, 6) is -0.0535. The molecule has 4 rings (SSSR count). The van der Waals surface area contributed by atoms with Gasteiger partial charge in [-0.2, -0.15) is 0 Å². The van der Waals surface area contributed by atoms with Crippen molar-refractivity contribution < 1.29 is 19.1 Å². The Morgan fingerprint density at radius 1 is 1.21 bits per heavy atom. The van der Waals surface area contributed by atoms with Gasteiger partial charge >= 0.3 is 6.09 Å². The smallest absolute Gasteiger partial charge is 0.413 e. The Morgan fingerprint density at radius 2 is 2.00 bits per heavy atom. The van der Waals surface area contributed by atoms with E-state index in [1.165, 1.54) is 4.90 Å². The highest BCUT2D eigenvalue weighted by atomic mass is 16.6. The number of ketones is 1. The number of rotatable bonds is 4. The summed E-state index contributed by atoms with van der Waals surface area (Å²) in [5.41, 5.74) is -0.894. The first kappa shape index (κ1) is 15.1. The van der Waals surface area contributed by atoms with Gasteiger partial charge in [-0.3, -0.25) is 9.69 Å². The Kier molecular flexibility index (Phi) is 3.35. The molecule has 3 aliphatic heterocycles. The quantitative estimate of drug-likeness (QED) is 0.798. The van der Waals surface area contributed by atoms with Gasteiger partial charge in [0.2, 0.25) is 5.72 Å². The Labute approximate surface area is 140 Å². The van der Waals surface area contributed by atoms with E-state index >= 15 is 0 Å². The van der Waals surface area contributed by atoms with Crippen LogP contribution in [0.25, 0.3) is 0 Å². The molecule has 0 saturated carbocycles. The highest BCUT2D eigenvalue weighted by Gasteiger charge is 2.67. The minimum atomic E-state index is -1.21. The Balaban J connectivity index is 1.71. The molecule has 3 atom stereocenters. The lowest BCUT2D eigenvalue weighted by Crippen LogP contribution is -2.53. The zero-order valence-corrected chi connectivity index (χ0v) is 13.3. The number of ether oxygens (including phenoxy) is 2. The molecule has 5 heteroatoms. The molecule has 0 spiro atoms. The topological polar surface area (TPSA) is 55.8 Å². The third-order valence-corrected chi connectivity index (χ3v) is 5.14. The van der Waals surface area contributed by atoms with Crippen molar-refractivity contribution in [3.8, 4) is 0 Å². The van der Waals surface area contributed by atoms with Gasteiger partial charge in [0.25, 0.3) is 0 Å². The summed E-state index contributed by atoms with van der Waals surface area (Å²) in [6.07, 6.45) is 6.33. The van der Waals surface area contributed by atoms with Crippen molar-refractivity contribution in [1.29, 1.82) is 0 Å². The van der Waals surface area contributed by atoms with Crippen molar-refractivity contribution in [3.63, 3.8) is 0 Å². The minimum absolute atomic E-state index is 0.0535. The summed E-state index contributed by atoms with van der Waals surface area (Å²) in [7, 11) is 0. The van der Waals surface area contributed by atoms with E-state index in [9.17, 15) is 9.59 Å². The number of fused-ring (bicyclic) bond motifs is 2. The lowest BCUT2D eigenvalue weighted by Gasteiger charge is -2.35. The number of hydrogen-bond acceptors (Lipinski definition) is 4. The fraction of sp³-hybridized carbons (Fsp3) is 0.368. The van der Waals surface area contributed by atoms with Crippen LogP contribution < -0.4 is 0 Å². The first-order chi connectivity index (χ1) is 11.6. The molecule has 3 aliphatic rings. The van der Waals surface area contributed by atoms with Crippen molar-refractivity contribution >= 4 is 11.9 Å². The Hall–Kier alpha value is -2.40. The molecule has 1 aromatic carbocycles. The first-order valence-corrected chi connectivity index (χ1v) is 8.15. The maximum Gasteiger partial charge on any atom is 0.413 e. The van der Waals surface area contributed by atoms with E-state index in [1.54, 1.807) is 12.2 Å². The van der Waals surface area contributed by atoms with Gasteiger partial charge in [-0.15, -0.1) is 0 Å². The van der Waals surface area contributed by atoms with E-state index in [1.807, 2.05) is 36.4 Å². The maximum atomic E-state index is 12.8. The predicted octanol–water partition coefficient (Wildman–Crippen LogP) is 3.14. The van der Waals surface area contributed by atoms with Crippen molar-refractivity contribution in [3.05, 3.63) is 60.7 Å². The Bertz CT molecular complexity index is 728. The molecule has 1 amide bonds. The fourth-order valence-electron chi connectivity index (χ4n) is 4.01.